The smallest absolute Gasteiger partial charge is 1.00 e. The third kappa shape index (κ3) is 20.0. The summed E-state index contributed by atoms with van der Waals surface area (Å²) in [6.45, 7) is 3.97. The summed E-state index contributed by atoms with van der Waals surface area (Å²) in [5.74, 6) is 2.94. The van der Waals surface area contributed by atoms with E-state index in [0.717, 1.165) is 0 Å². The fraction of sp³-hybridized carbons (Fsp3) is 0.600. The number of terminal acetylenes is 1. The minimum Gasteiger partial charge on any atom is -1.00 e. The van der Waals surface area contributed by atoms with E-state index < -0.39 is 0 Å². The summed E-state index contributed by atoms with van der Waals surface area (Å²) in [7, 11) is 0. The predicted molar refractivity (Wildman–Crippen MR) is 23.7 cm³/mol. The fourth-order valence-corrected chi connectivity index (χ4v) is 0. The van der Waals surface area contributed by atoms with Crippen molar-refractivity contribution in [1.29, 1.82) is 0 Å². The Bertz CT molecular complexity index is 53.6. The van der Waals surface area contributed by atoms with Crippen LogP contribution in [-0.2, 0) is 27.7 Å². The van der Waals surface area contributed by atoms with Gasteiger partial charge in [0, 0.05) is 5.92 Å². The Hall–Kier alpha value is 0.785. The predicted octanol–water partition coefficient (Wildman–Crippen LogP) is -1.72. The van der Waals surface area contributed by atoms with E-state index in [1.54, 1.807) is 0 Å². The van der Waals surface area contributed by atoms with Gasteiger partial charge in [0.2, 0.25) is 0 Å². The van der Waals surface area contributed by atoms with Crippen LogP contribution in [0.3, 0.4) is 0 Å². The van der Waals surface area contributed by atoms with Crippen molar-refractivity contribution in [3.63, 3.8) is 0 Å². The van der Waals surface area contributed by atoms with E-state index in [-0.39, 0.29) is 40.1 Å². The Kier molecular flexibility index (Phi) is 22.2. The minimum atomic E-state index is 0. The van der Waals surface area contributed by atoms with Crippen LogP contribution in [0.5, 0.6) is 0 Å². The molecule has 0 N–H and O–H groups in total. The van der Waals surface area contributed by atoms with Crippen molar-refractivity contribution >= 4 is 0 Å². The molecule has 0 aliphatic carbocycles. The molecule has 0 aromatic carbocycles. The van der Waals surface area contributed by atoms with E-state index in [2.05, 4.69) is 5.92 Å². The van der Waals surface area contributed by atoms with Gasteiger partial charge in [0.25, 0.3) is 0 Å². The second kappa shape index (κ2) is 9.92. The SMILES string of the molecule is C#CC(C)C.[Cl-].[Hg+]. The van der Waals surface area contributed by atoms with Crippen LogP contribution in [0.2, 0.25) is 0 Å². The first-order valence-electron chi connectivity index (χ1n) is 1.73. The zero-order valence-electron chi connectivity index (χ0n) is 4.74. The molecule has 0 atom stereocenters. The van der Waals surface area contributed by atoms with Gasteiger partial charge in [-0.25, -0.2) is 0 Å². The van der Waals surface area contributed by atoms with E-state index >= 15 is 0 Å². The van der Waals surface area contributed by atoms with Crippen molar-refractivity contribution < 1.29 is 40.1 Å². The number of rotatable bonds is 0. The Balaban J connectivity index is -0.0000000800. The van der Waals surface area contributed by atoms with Gasteiger partial charge >= 0.3 is 27.7 Å². The summed E-state index contributed by atoms with van der Waals surface area (Å²) in [5, 5.41) is 0. The maximum absolute atomic E-state index is 4.92. The Morgan fingerprint density at radius 3 is 1.57 bits per heavy atom. The van der Waals surface area contributed by atoms with Gasteiger partial charge in [-0.3, -0.25) is 0 Å². The van der Waals surface area contributed by atoms with Gasteiger partial charge in [-0.05, 0) is 0 Å². The van der Waals surface area contributed by atoms with Crippen molar-refractivity contribution in [2.45, 2.75) is 13.8 Å². The first-order valence-corrected chi connectivity index (χ1v) is 1.73. The summed E-state index contributed by atoms with van der Waals surface area (Å²) >= 11 is 0. The summed E-state index contributed by atoms with van der Waals surface area (Å²) in [4.78, 5) is 0. The van der Waals surface area contributed by atoms with Crippen LogP contribution in [0.1, 0.15) is 13.8 Å². The average Bonchev–Trinajstić information content (AvgIpc) is 1.38. The molecule has 0 nitrogen and oxygen atoms in total. The van der Waals surface area contributed by atoms with Crippen LogP contribution in [-0.4, -0.2) is 0 Å². The first kappa shape index (κ1) is 15.7. The van der Waals surface area contributed by atoms with Crippen molar-refractivity contribution in [1.82, 2.24) is 0 Å². The van der Waals surface area contributed by atoms with E-state index in [4.69, 9.17) is 6.42 Å². The van der Waals surface area contributed by atoms with Crippen molar-refractivity contribution in [3.05, 3.63) is 0 Å². The molecule has 0 aliphatic heterocycles. The molecular weight excluding hydrogens is 296 g/mol. The molecule has 0 amide bonds. The quantitative estimate of drug-likeness (QED) is 0.369. The number of hydrogen-bond acceptors (Lipinski definition) is 0. The van der Waals surface area contributed by atoms with Gasteiger partial charge in [-0.1, -0.05) is 13.8 Å². The van der Waals surface area contributed by atoms with Crippen LogP contribution >= 0.6 is 0 Å². The Morgan fingerprint density at radius 2 is 1.57 bits per heavy atom. The molecular formula is C5H8ClHg. The molecule has 0 fully saturated rings. The maximum atomic E-state index is 4.92. The standard InChI is InChI=1S/C5H8.ClH.Hg/c1-4-5(2)3;;/h1,5H,2-3H3;1H;/q;;+1/p-1. The van der Waals surface area contributed by atoms with Gasteiger partial charge in [0.1, 0.15) is 0 Å². The van der Waals surface area contributed by atoms with Gasteiger partial charge in [0.15, 0.2) is 0 Å². The molecule has 0 heterocycles. The van der Waals surface area contributed by atoms with Crippen molar-refractivity contribution in [2.24, 2.45) is 5.92 Å². The van der Waals surface area contributed by atoms with Gasteiger partial charge in [0.05, 0.1) is 0 Å². The summed E-state index contributed by atoms with van der Waals surface area (Å²) in [5.41, 5.74) is 0. The molecule has 2 heteroatoms. The van der Waals surface area contributed by atoms with E-state index in [1.807, 2.05) is 13.8 Å². The molecule has 0 spiro atoms. The summed E-state index contributed by atoms with van der Waals surface area (Å²) in [6, 6.07) is 0. The van der Waals surface area contributed by atoms with Crippen LogP contribution in [0.4, 0.5) is 0 Å². The second-order valence-corrected chi connectivity index (χ2v) is 1.32. The average molecular weight is 304 g/mol. The van der Waals surface area contributed by atoms with Crippen LogP contribution < -0.4 is 12.4 Å². The Morgan fingerprint density at radius 1 is 1.43 bits per heavy atom. The molecule has 0 rings (SSSR count). The van der Waals surface area contributed by atoms with Crippen LogP contribution in [0, 0.1) is 18.3 Å². The zero-order valence-corrected chi connectivity index (χ0v) is 11.0. The third-order valence-corrected chi connectivity index (χ3v) is 0.333. The Labute approximate surface area is 72.0 Å². The molecule has 0 bridgehead atoms. The molecule has 0 saturated carbocycles. The molecule has 37 valence electrons. The molecule has 0 aromatic heterocycles. The topological polar surface area (TPSA) is 0 Å². The molecule has 0 aliphatic rings. The van der Waals surface area contributed by atoms with Gasteiger partial charge in [-0.2, -0.15) is 0 Å². The second-order valence-electron chi connectivity index (χ2n) is 1.32. The molecule has 0 unspecified atom stereocenters. The molecule has 7 heavy (non-hydrogen) atoms. The van der Waals surface area contributed by atoms with E-state index in [1.165, 1.54) is 0 Å². The maximum Gasteiger partial charge on any atom is 1.00 e. The number of halogens is 1. The molecule has 1 radical (unpaired) electrons. The summed E-state index contributed by atoms with van der Waals surface area (Å²) in [6.07, 6.45) is 4.92. The summed E-state index contributed by atoms with van der Waals surface area (Å²) < 4.78 is 0. The third-order valence-electron chi connectivity index (χ3n) is 0.333. The van der Waals surface area contributed by atoms with Crippen LogP contribution in [0.25, 0.3) is 0 Å². The van der Waals surface area contributed by atoms with Gasteiger partial charge < -0.3 is 12.4 Å². The fourth-order valence-electron chi connectivity index (χ4n) is 0. The normalized spacial score (nSPS) is 5.43. The van der Waals surface area contributed by atoms with E-state index in [9.17, 15) is 0 Å². The minimum absolute atomic E-state index is 0. The molecule has 0 aromatic rings. The van der Waals surface area contributed by atoms with Crippen molar-refractivity contribution in [3.8, 4) is 12.3 Å². The zero-order chi connectivity index (χ0) is 4.28. The van der Waals surface area contributed by atoms with Crippen LogP contribution in [0.15, 0.2) is 0 Å². The molecule has 0 saturated heterocycles. The number of hydrogen-bond donors (Lipinski definition) is 0. The first-order chi connectivity index (χ1) is 2.27. The van der Waals surface area contributed by atoms with Gasteiger partial charge in [-0.15, -0.1) is 12.3 Å². The largest absolute Gasteiger partial charge is 1.00 e. The van der Waals surface area contributed by atoms with Crippen molar-refractivity contribution in [2.75, 3.05) is 0 Å². The monoisotopic (exact) mass is 305 g/mol. The van der Waals surface area contributed by atoms with E-state index in [0.29, 0.717) is 5.92 Å².